The first-order chi connectivity index (χ1) is 9.63. The van der Waals surface area contributed by atoms with Crippen LogP contribution in [-0.4, -0.2) is 16.1 Å². The summed E-state index contributed by atoms with van der Waals surface area (Å²) in [6, 6.07) is 8.19. The standard InChI is InChI=1S/C15H12ClNO3/c16-11-8-10(15(18)19)4-6-13(11)20-14-7-5-9-2-1-3-12(9)17-14/h4-8H,1-3H2,(H,18,19). The second-order valence-electron chi connectivity index (χ2n) is 4.66. The van der Waals surface area contributed by atoms with Crippen LogP contribution < -0.4 is 4.74 Å². The smallest absolute Gasteiger partial charge is 0.335 e. The zero-order valence-electron chi connectivity index (χ0n) is 10.6. The van der Waals surface area contributed by atoms with Crippen molar-refractivity contribution in [2.75, 3.05) is 0 Å². The van der Waals surface area contributed by atoms with Gasteiger partial charge in [0.1, 0.15) is 5.75 Å². The van der Waals surface area contributed by atoms with Crippen molar-refractivity contribution < 1.29 is 14.6 Å². The molecule has 4 nitrogen and oxygen atoms in total. The van der Waals surface area contributed by atoms with Crippen LogP contribution in [0.3, 0.4) is 0 Å². The molecule has 0 fully saturated rings. The number of carboxylic acids is 1. The van der Waals surface area contributed by atoms with Gasteiger partial charge in [0.25, 0.3) is 0 Å². The zero-order valence-corrected chi connectivity index (χ0v) is 11.4. The number of carbonyl (C=O) groups is 1. The van der Waals surface area contributed by atoms with Crippen molar-refractivity contribution in [3.63, 3.8) is 0 Å². The highest BCUT2D eigenvalue weighted by atomic mass is 35.5. The second-order valence-corrected chi connectivity index (χ2v) is 5.07. The van der Waals surface area contributed by atoms with E-state index in [2.05, 4.69) is 4.98 Å². The lowest BCUT2D eigenvalue weighted by atomic mass is 10.2. The zero-order chi connectivity index (χ0) is 14.1. The quantitative estimate of drug-likeness (QED) is 0.935. The number of aryl methyl sites for hydroxylation is 2. The maximum Gasteiger partial charge on any atom is 0.335 e. The second kappa shape index (κ2) is 5.13. The van der Waals surface area contributed by atoms with E-state index >= 15 is 0 Å². The van der Waals surface area contributed by atoms with E-state index in [0.717, 1.165) is 25.0 Å². The van der Waals surface area contributed by atoms with E-state index in [1.54, 1.807) is 6.07 Å². The molecule has 5 heteroatoms. The average molecular weight is 290 g/mol. The fraction of sp³-hybridized carbons (Fsp3) is 0.200. The van der Waals surface area contributed by atoms with Gasteiger partial charge in [-0.15, -0.1) is 0 Å². The van der Waals surface area contributed by atoms with Gasteiger partial charge in [0.15, 0.2) is 0 Å². The number of benzene rings is 1. The molecular weight excluding hydrogens is 278 g/mol. The van der Waals surface area contributed by atoms with E-state index in [0.29, 0.717) is 11.6 Å². The Morgan fingerprint density at radius 3 is 2.85 bits per heavy atom. The Kier molecular flexibility index (Phi) is 3.32. The van der Waals surface area contributed by atoms with Gasteiger partial charge in [-0.3, -0.25) is 0 Å². The number of fused-ring (bicyclic) bond motifs is 1. The molecule has 0 radical (unpaired) electrons. The average Bonchev–Trinajstić information content (AvgIpc) is 2.88. The number of halogens is 1. The molecule has 102 valence electrons. The van der Waals surface area contributed by atoms with Gasteiger partial charge in [0.2, 0.25) is 5.88 Å². The lowest BCUT2D eigenvalue weighted by Gasteiger charge is -2.08. The van der Waals surface area contributed by atoms with Gasteiger partial charge in [0, 0.05) is 11.8 Å². The maximum atomic E-state index is 10.8. The summed E-state index contributed by atoms with van der Waals surface area (Å²) in [4.78, 5) is 15.3. The summed E-state index contributed by atoms with van der Waals surface area (Å²) in [5.41, 5.74) is 2.47. The highest BCUT2D eigenvalue weighted by molar-refractivity contribution is 6.32. The van der Waals surface area contributed by atoms with Gasteiger partial charge >= 0.3 is 5.97 Å². The molecule has 0 saturated heterocycles. The number of hydrogen-bond acceptors (Lipinski definition) is 3. The highest BCUT2D eigenvalue weighted by Crippen LogP contribution is 2.31. The van der Waals surface area contributed by atoms with E-state index in [-0.39, 0.29) is 10.6 Å². The van der Waals surface area contributed by atoms with Gasteiger partial charge in [0.05, 0.1) is 10.6 Å². The largest absolute Gasteiger partial charge is 0.478 e. The first-order valence-electron chi connectivity index (χ1n) is 6.33. The van der Waals surface area contributed by atoms with Gasteiger partial charge in [-0.1, -0.05) is 17.7 Å². The molecule has 0 saturated carbocycles. The van der Waals surface area contributed by atoms with E-state index in [1.807, 2.05) is 12.1 Å². The van der Waals surface area contributed by atoms with Crippen LogP contribution in [0.2, 0.25) is 5.02 Å². The van der Waals surface area contributed by atoms with E-state index in [9.17, 15) is 4.79 Å². The number of carboxylic acid groups (broad SMARTS) is 1. The number of nitrogens with zero attached hydrogens (tertiary/aromatic N) is 1. The Labute approximate surface area is 121 Å². The number of aromatic nitrogens is 1. The van der Waals surface area contributed by atoms with Gasteiger partial charge in [-0.05, 0) is 43.0 Å². The predicted molar refractivity (Wildman–Crippen MR) is 74.7 cm³/mol. The Hall–Kier alpha value is -2.07. The minimum atomic E-state index is -1.02. The van der Waals surface area contributed by atoms with Crippen molar-refractivity contribution in [1.29, 1.82) is 0 Å². The fourth-order valence-electron chi connectivity index (χ4n) is 2.29. The molecule has 0 amide bonds. The molecule has 1 aliphatic carbocycles. The molecule has 20 heavy (non-hydrogen) atoms. The lowest BCUT2D eigenvalue weighted by molar-refractivity contribution is 0.0697. The van der Waals surface area contributed by atoms with Crippen LogP contribution in [0, 0.1) is 0 Å². The highest BCUT2D eigenvalue weighted by Gasteiger charge is 2.14. The Bertz CT molecular complexity index is 685. The molecule has 0 unspecified atom stereocenters. The molecule has 1 aromatic heterocycles. The van der Waals surface area contributed by atoms with Crippen molar-refractivity contribution in [2.24, 2.45) is 0 Å². The van der Waals surface area contributed by atoms with Crippen LogP contribution in [0.5, 0.6) is 11.6 Å². The molecule has 1 aliphatic rings. The van der Waals surface area contributed by atoms with Gasteiger partial charge in [-0.2, -0.15) is 0 Å². The molecule has 0 bridgehead atoms. The van der Waals surface area contributed by atoms with E-state index in [4.69, 9.17) is 21.4 Å². The number of aromatic carboxylic acids is 1. The summed E-state index contributed by atoms with van der Waals surface area (Å²) >= 11 is 6.02. The lowest BCUT2D eigenvalue weighted by Crippen LogP contribution is -1.97. The third-order valence-corrected chi connectivity index (χ3v) is 3.59. The topological polar surface area (TPSA) is 59.4 Å². The first kappa shape index (κ1) is 12.9. The fourth-order valence-corrected chi connectivity index (χ4v) is 2.51. The molecule has 0 aliphatic heterocycles. The molecule has 1 heterocycles. The number of ether oxygens (including phenoxy) is 1. The number of rotatable bonds is 3. The summed E-state index contributed by atoms with van der Waals surface area (Å²) in [5, 5.41) is 9.14. The molecule has 2 aromatic rings. The van der Waals surface area contributed by atoms with Crippen LogP contribution in [0.1, 0.15) is 28.0 Å². The monoisotopic (exact) mass is 289 g/mol. The third kappa shape index (κ3) is 2.47. The first-order valence-corrected chi connectivity index (χ1v) is 6.71. The van der Waals surface area contributed by atoms with Crippen molar-refractivity contribution in [1.82, 2.24) is 4.98 Å². The Balaban J connectivity index is 1.86. The van der Waals surface area contributed by atoms with Crippen molar-refractivity contribution in [3.8, 4) is 11.6 Å². The van der Waals surface area contributed by atoms with E-state index in [1.165, 1.54) is 17.7 Å². The molecule has 1 N–H and O–H groups in total. The predicted octanol–water partition coefficient (Wildman–Crippen LogP) is 3.71. The van der Waals surface area contributed by atoms with Crippen LogP contribution >= 0.6 is 11.6 Å². The summed E-state index contributed by atoms with van der Waals surface area (Å²) in [7, 11) is 0. The van der Waals surface area contributed by atoms with Crippen LogP contribution in [-0.2, 0) is 12.8 Å². The minimum absolute atomic E-state index is 0.129. The maximum absolute atomic E-state index is 10.8. The Morgan fingerprint density at radius 2 is 2.10 bits per heavy atom. The van der Waals surface area contributed by atoms with Crippen molar-refractivity contribution in [2.45, 2.75) is 19.3 Å². The number of hydrogen-bond donors (Lipinski definition) is 1. The minimum Gasteiger partial charge on any atom is -0.478 e. The molecule has 0 atom stereocenters. The van der Waals surface area contributed by atoms with Crippen LogP contribution in [0.4, 0.5) is 0 Å². The van der Waals surface area contributed by atoms with E-state index < -0.39 is 5.97 Å². The SMILES string of the molecule is O=C(O)c1ccc(Oc2ccc3c(n2)CCC3)c(Cl)c1. The molecule has 3 rings (SSSR count). The third-order valence-electron chi connectivity index (χ3n) is 3.30. The van der Waals surface area contributed by atoms with Gasteiger partial charge < -0.3 is 9.84 Å². The Morgan fingerprint density at radius 1 is 1.25 bits per heavy atom. The van der Waals surface area contributed by atoms with Crippen molar-refractivity contribution in [3.05, 3.63) is 52.2 Å². The van der Waals surface area contributed by atoms with Gasteiger partial charge in [-0.25, -0.2) is 9.78 Å². The molecular formula is C15H12ClNO3. The normalized spacial score (nSPS) is 13.1. The summed E-state index contributed by atoms with van der Waals surface area (Å²) in [6.45, 7) is 0. The summed E-state index contributed by atoms with van der Waals surface area (Å²) in [6.07, 6.45) is 3.16. The number of pyridine rings is 1. The summed E-state index contributed by atoms with van der Waals surface area (Å²) in [5.74, 6) is -0.133. The molecule has 1 aromatic carbocycles. The summed E-state index contributed by atoms with van der Waals surface area (Å²) < 4.78 is 5.63. The van der Waals surface area contributed by atoms with Crippen LogP contribution in [0.15, 0.2) is 30.3 Å². The van der Waals surface area contributed by atoms with Crippen molar-refractivity contribution >= 4 is 17.6 Å². The van der Waals surface area contributed by atoms with Crippen LogP contribution in [0.25, 0.3) is 0 Å². The molecule has 0 spiro atoms.